The van der Waals surface area contributed by atoms with Crippen molar-refractivity contribution < 1.29 is 19.5 Å². The van der Waals surface area contributed by atoms with Crippen molar-refractivity contribution in [3.05, 3.63) is 29.3 Å². The van der Waals surface area contributed by atoms with Crippen LogP contribution in [0, 0.1) is 5.92 Å². The maximum atomic E-state index is 12.6. The maximum Gasteiger partial charge on any atom is 0.326 e. The van der Waals surface area contributed by atoms with Gasteiger partial charge in [-0.3, -0.25) is 9.59 Å². The summed E-state index contributed by atoms with van der Waals surface area (Å²) >= 11 is 5.95. The Labute approximate surface area is 138 Å². The lowest BCUT2D eigenvalue weighted by molar-refractivity contribution is -0.151. The van der Waals surface area contributed by atoms with Gasteiger partial charge in [0.15, 0.2) is 0 Å². The SMILES string of the molecule is O=C(O)[C@@H]1CCCN1C(=O)C1CCN(c2cccc(Cl)c2)C1=O. The van der Waals surface area contributed by atoms with Gasteiger partial charge in [0, 0.05) is 23.8 Å². The van der Waals surface area contributed by atoms with Crippen LogP contribution >= 0.6 is 11.6 Å². The molecule has 1 unspecified atom stereocenters. The molecule has 2 heterocycles. The van der Waals surface area contributed by atoms with Crippen molar-refractivity contribution in [3.63, 3.8) is 0 Å². The van der Waals surface area contributed by atoms with Crippen LogP contribution in [0.3, 0.4) is 0 Å². The minimum absolute atomic E-state index is 0.284. The van der Waals surface area contributed by atoms with Crippen LogP contribution in [-0.2, 0) is 14.4 Å². The summed E-state index contributed by atoms with van der Waals surface area (Å²) in [5.41, 5.74) is 0.661. The minimum atomic E-state index is -1.01. The molecule has 2 atom stereocenters. The van der Waals surface area contributed by atoms with Crippen molar-refractivity contribution in [1.29, 1.82) is 0 Å². The number of anilines is 1. The lowest BCUT2D eigenvalue weighted by Gasteiger charge is -2.24. The average molecular weight is 337 g/mol. The molecule has 0 spiro atoms. The summed E-state index contributed by atoms with van der Waals surface area (Å²) < 4.78 is 0. The summed E-state index contributed by atoms with van der Waals surface area (Å²) in [4.78, 5) is 39.3. The van der Waals surface area contributed by atoms with Gasteiger partial charge in [0.25, 0.3) is 0 Å². The first-order valence-corrected chi connectivity index (χ1v) is 7.97. The van der Waals surface area contributed by atoms with Crippen molar-refractivity contribution >= 4 is 35.1 Å². The number of nitrogens with zero attached hydrogens (tertiary/aromatic N) is 2. The summed E-state index contributed by atoms with van der Waals surface area (Å²) in [6, 6.07) is 6.11. The number of rotatable bonds is 3. The van der Waals surface area contributed by atoms with Crippen LogP contribution in [0.4, 0.5) is 5.69 Å². The highest BCUT2D eigenvalue weighted by Crippen LogP contribution is 2.30. The zero-order chi connectivity index (χ0) is 16.6. The van der Waals surface area contributed by atoms with E-state index < -0.39 is 17.9 Å². The Morgan fingerprint density at radius 2 is 2.00 bits per heavy atom. The third-order valence-corrected chi connectivity index (χ3v) is 4.68. The number of benzene rings is 1. The third kappa shape index (κ3) is 2.91. The molecule has 1 aromatic rings. The predicted molar refractivity (Wildman–Crippen MR) is 84.3 cm³/mol. The smallest absolute Gasteiger partial charge is 0.326 e. The second kappa shape index (κ2) is 6.20. The fourth-order valence-corrected chi connectivity index (χ4v) is 3.48. The van der Waals surface area contributed by atoms with E-state index in [4.69, 9.17) is 11.6 Å². The fourth-order valence-electron chi connectivity index (χ4n) is 3.30. The molecule has 1 aromatic carbocycles. The molecule has 23 heavy (non-hydrogen) atoms. The predicted octanol–water partition coefficient (Wildman–Crippen LogP) is 1.77. The Bertz CT molecular complexity index is 663. The third-order valence-electron chi connectivity index (χ3n) is 4.44. The summed E-state index contributed by atoms with van der Waals surface area (Å²) in [6.45, 7) is 0.831. The standard InChI is InChI=1S/C16H17ClN2O4/c17-10-3-1-4-11(9-10)18-8-6-12(14(18)20)15(21)19-7-2-5-13(19)16(22)23/h1,3-4,9,12-13H,2,5-8H2,(H,22,23)/t12?,13-/m0/s1. The van der Waals surface area contributed by atoms with Crippen LogP contribution in [0.25, 0.3) is 0 Å². The van der Waals surface area contributed by atoms with Gasteiger partial charge in [-0.05, 0) is 37.5 Å². The summed E-state index contributed by atoms with van der Waals surface area (Å²) in [5, 5.41) is 9.72. The number of likely N-dealkylation sites (tertiary alicyclic amines) is 1. The Morgan fingerprint density at radius 3 is 2.70 bits per heavy atom. The Balaban J connectivity index is 1.76. The van der Waals surface area contributed by atoms with Crippen LogP contribution < -0.4 is 4.90 Å². The average Bonchev–Trinajstić information content (AvgIpc) is 3.13. The summed E-state index contributed by atoms with van der Waals surface area (Å²) in [7, 11) is 0. The van der Waals surface area contributed by atoms with Crippen molar-refractivity contribution in [2.75, 3.05) is 18.0 Å². The molecule has 2 saturated heterocycles. The van der Waals surface area contributed by atoms with Gasteiger partial charge in [0.2, 0.25) is 11.8 Å². The molecule has 2 fully saturated rings. The molecule has 0 aromatic heterocycles. The van der Waals surface area contributed by atoms with E-state index in [0.29, 0.717) is 43.1 Å². The molecular formula is C16H17ClN2O4. The fraction of sp³-hybridized carbons (Fsp3) is 0.438. The number of amides is 2. The van der Waals surface area contributed by atoms with Gasteiger partial charge in [-0.2, -0.15) is 0 Å². The molecule has 7 heteroatoms. The highest BCUT2D eigenvalue weighted by atomic mass is 35.5. The second-order valence-electron chi connectivity index (χ2n) is 5.84. The number of halogens is 1. The molecule has 6 nitrogen and oxygen atoms in total. The number of aliphatic carboxylic acids is 1. The van der Waals surface area contributed by atoms with E-state index in [-0.39, 0.29) is 11.8 Å². The maximum absolute atomic E-state index is 12.6. The molecule has 2 amide bonds. The van der Waals surface area contributed by atoms with Crippen LogP contribution in [0.5, 0.6) is 0 Å². The zero-order valence-electron chi connectivity index (χ0n) is 12.4. The Hall–Kier alpha value is -2.08. The van der Waals surface area contributed by atoms with Gasteiger partial charge in [0.1, 0.15) is 12.0 Å². The second-order valence-corrected chi connectivity index (χ2v) is 6.28. The van der Waals surface area contributed by atoms with Crippen LogP contribution in [0.2, 0.25) is 5.02 Å². The number of hydrogen-bond donors (Lipinski definition) is 1. The van der Waals surface area contributed by atoms with Gasteiger partial charge in [-0.1, -0.05) is 17.7 Å². The largest absolute Gasteiger partial charge is 0.480 e. The summed E-state index contributed by atoms with van der Waals surface area (Å²) in [6.07, 6.45) is 1.49. The quantitative estimate of drug-likeness (QED) is 0.853. The monoisotopic (exact) mass is 336 g/mol. The van der Waals surface area contributed by atoms with E-state index in [9.17, 15) is 19.5 Å². The lowest BCUT2D eigenvalue weighted by atomic mass is 10.1. The normalized spacial score (nSPS) is 24.3. The Kier molecular flexibility index (Phi) is 4.26. The van der Waals surface area contributed by atoms with Gasteiger partial charge in [0.05, 0.1) is 0 Å². The molecular weight excluding hydrogens is 320 g/mol. The lowest BCUT2D eigenvalue weighted by Crippen LogP contribution is -2.45. The number of carboxylic acid groups (broad SMARTS) is 1. The molecule has 1 N–H and O–H groups in total. The van der Waals surface area contributed by atoms with Gasteiger partial charge in [-0.25, -0.2) is 4.79 Å². The molecule has 0 bridgehead atoms. The van der Waals surface area contributed by atoms with Crippen molar-refractivity contribution in [2.45, 2.75) is 25.3 Å². The van der Waals surface area contributed by atoms with Crippen LogP contribution in [-0.4, -0.2) is 46.9 Å². The number of carbonyl (C=O) groups is 3. The molecule has 2 aliphatic rings. The van der Waals surface area contributed by atoms with E-state index in [1.807, 2.05) is 0 Å². The number of carbonyl (C=O) groups excluding carboxylic acids is 2. The molecule has 3 rings (SSSR count). The Morgan fingerprint density at radius 1 is 1.22 bits per heavy atom. The highest BCUT2D eigenvalue weighted by Gasteiger charge is 2.44. The van der Waals surface area contributed by atoms with Crippen LogP contribution in [0.15, 0.2) is 24.3 Å². The van der Waals surface area contributed by atoms with E-state index >= 15 is 0 Å². The topological polar surface area (TPSA) is 77.9 Å². The van der Waals surface area contributed by atoms with Crippen molar-refractivity contribution in [3.8, 4) is 0 Å². The molecule has 0 aliphatic carbocycles. The van der Waals surface area contributed by atoms with Gasteiger partial charge < -0.3 is 14.9 Å². The molecule has 122 valence electrons. The molecule has 2 aliphatic heterocycles. The highest BCUT2D eigenvalue weighted by molar-refractivity contribution is 6.31. The van der Waals surface area contributed by atoms with Crippen LogP contribution in [0.1, 0.15) is 19.3 Å². The first-order chi connectivity index (χ1) is 11.0. The number of hydrogen-bond acceptors (Lipinski definition) is 3. The first-order valence-electron chi connectivity index (χ1n) is 7.59. The number of carboxylic acids is 1. The zero-order valence-corrected chi connectivity index (χ0v) is 13.2. The van der Waals surface area contributed by atoms with E-state index in [2.05, 4.69) is 0 Å². The summed E-state index contributed by atoms with van der Waals surface area (Å²) in [5.74, 6) is -2.46. The minimum Gasteiger partial charge on any atom is -0.480 e. The van der Waals surface area contributed by atoms with E-state index in [1.54, 1.807) is 29.2 Å². The van der Waals surface area contributed by atoms with Gasteiger partial charge >= 0.3 is 5.97 Å². The molecule has 0 saturated carbocycles. The van der Waals surface area contributed by atoms with E-state index in [0.717, 1.165) is 0 Å². The first kappa shape index (κ1) is 15.8. The molecule has 0 radical (unpaired) electrons. The van der Waals surface area contributed by atoms with Crippen molar-refractivity contribution in [2.24, 2.45) is 5.92 Å². The van der Waals surface area contributed by atoms with Gasteiger partial charge in [-0.15, -0.1) is 0 Å². The van der Waals surface area contributed by atoms with E-state index in [1.165, 1.54) is 4.90 Å². The van der Waals surface area contributed by atoms with Crippen molar-refractivity contribution in [1.82, 2.24) is 4.90 Å².